The van der Waals surface area contributed by atoms with Crippen molar-refractivity contribution in [2.24, 2.45) is 0 Å². The zero-order chi connectivity index (χ0) is 14.8. The van der Waals surface area contributed by atoms with Crippen molar-refractivity contribution in [3.63, 3.8) is 0 Å². The molecule has 21 heavy (non-hydrogen) atoms. The molecule has 0 saturated heterocycles. The third-order valence-corrected chi connectivity index (χ3v) is 3.75. The first-order valence-corrected chi connectivity index (χ1v) is 6.97. The summed E-state index contributed by atoms with van der Waals surface area (Å²) in [5.41, 5.74) is 3.91. The molecule has 0 aliphatic carbocycles. The van der Waals surface area contributed by atoms with Gasteiger partial charge in [0.05, 0.1) is 0 Å². The van der Waals surface area contributed by atoms with Gasteiger partial charge < -0.3 is 9.73 Å². The largest absolute Gasteiger partial charge is 0.451 e. The first-order chi connectivity index (χ1) is 10.2. The molecule has 1 heterocycles. The Morgan fingerprint density at radius 1 is 1.05 bits per heavy atom. The molecule has 0 radical (unpaired) electrons. The van der Waals surface area contributed by atoms with Gasteiger partial charge in [-0.05, 0) is 31.0 Å². The molecule has 3 heteroatoms. The van der Waals surface area contributed by atoms with Gasteiger partial charge in [0.1, 0.15) is 5.58 Å². The number of aryl methyl sites for hydroxylation is 2. The zero-order valence-electron chi connectivity index (χ0n) is 12.1. The van der Waals surface area contributed by atoms with E-state index in [9.17, 15) is 4.79 Å². The molecular formula is C18H17NO2. The van der Waals surface area contributed by atoms with Crippen LogP contribution >= 0.6 is 0 Å². The first kappa shape index (κ1) is 13.4. The number of furan rings is 1. The van der Waals surface area contributed by atoms with Crippen molar-refractivity contribution in [3.05, 3.63) is 71.0 Å². The number of benzene rings is 2. The Labute approximate surface area is 123 Å². The number of fused-ring (bicyclic) bond motifs is 1. The van der Waals surface area contributed by atoms with E-state index in [1.807, 2.05) is 62.4 Å². The molecular weight excluding hydrogens is 262 g/mol. The molecule has 0 atom stereocenters. The molecule has 2 aromatic carbocycles. The minimum Gasteiger partial charge on any atom is -0.451 e. The Morgan fingerprint density at radius 2 is 1.76 bits per heavy atom. The molecule has 0 aliphatic heterocycles. The van der Waals surface area contributed by atoms with Crippen molar-refractivity contribution in [2.75, 3.05) is 0 Å². The topological polar surface area (TPSA) is 42.2 Å². The number of amides is 1. The van der Waals surface area contributed by atoms with Crippen LogP contribution in [-0.4, -0.2) is 5.91 Å². The van der Waals surface area contributed by atoms with E-state index in [2.05, 4.69) is 5.32 Å². The van der Waals surface area contributed by atoms with Gasteiger partial charge in [-0.25, -0.2) is 0 Å². The van der Waals surface area contributed by atoms with E-state index in [0.717, 1.165) is 22.1 Å². The van der Waals surface area contributed by atoms with E-state index in [1.165, 1.54) is 5.56 Å². The minimum atomic E-state index is -0.174. The van der Waals surface area contributed by atoms with Crippen molar-refractivity contribution in [2.45, 2.75) is 20.4 Å². The lowest BCUT2D eigenvalue weighted by molar-refractivity contribution is 0.0924. The predicted octanol–water partition coefficient (Wildman–Crippen LogP) is 3.98. The van der Waals surface area contributed by atoms with Crippen molar-refractivity contribution in [1.29, 1.82) is 0 Å². The van der Waals surface area contributed by atoms with E-state index < -0.39 is 0 Å². The van der Waals surface area contributed by atoms with Crippen molar-refractivity contribution >= 4 is 16.9 Å². The lowest BCUT2D eigenvalue weighted by Gasteiger charge is -2.06. The standard InChI is InChI=1S/C18H17NO2/c1-12-7-3-4-8-14(12)11-19-18(20)17-13(2)15-9-5-6-10-16(15)21-17/h3-10H,11H2,1-2H3,(H,19,20). The summed E-state index contributed by atoms with van der Waals surface area (Å²) in [6.07, 6.45) is 0. The van der Waals surface area contributed by atoms with Crippen LogP contribution in [0.3, 0.4) is 0 Å². The van der Waals surface area contributed by atoms with Crippen LogP contribution in [0.2, 0.25) is 0 Å². The fourth-order valence-corrected chi connectivity index (χ4v) is 2.46. The average molecular weight is 279 g/mol. The summed E-state index contributed by atoms with van der Waals surface area (Å²) in [6.45, 7) is 4.45. The number of hydrogen-bond acceptors (Lipinski definition) is 2. The maximum Gasteiger partial charge on any atom is 0.287 e. The molecule has 3 nitrogen and oxygen atoms in total. The Kier molecular flexibility index (Phi) is 3.48. The fourth-order valence-electron chi connectivity index (χ4n) is 2.46. The smallest absolute Gasteiger partial charge is 0.287 e. The summed E-state index contributed by atoms with van der Waals surface area (Å²) in [6, 6.07) is 15.7. The molecule has 1 aromatic heterocycles. The summed E-state index contributed by atoms with van der Waals surface area (Å²) < 4.78 is 5.67. The van der Waals surface area contributed by atoms with Gasteiger partial charge in [0.25, 0.3) is 5.91 Å². The van der Waals surface area contributed by atoms with Gasteiger partial charge >= 0.3 is 0 Å². The van der Waals surface area contributed by atoms with E-state index in [1.54, 1.807) is 0 Å². The molecule has 0 bridgehead atoms. The van der Waals surface area contributed by atoms with Gasteiger partial charge in [0.2, 0.25) is 0 Å². The summed E-state index contributed by atoms with van der Waals surface area (Å²) in [5, 5.41) is 3.91. The molecule has 0 saturated carbocycles. The van der Waals surface area contributed by atoms with Crippen molar-refractivity contribution in [1.82, 2.24) is 5.32 Å². The number of carbonyl (C=O) groups excluding carboxylic acids is 1. The van der Waals surface area contributed by atoms with Gasteiger partial charge in [0.15, 0.2) is 5.76 Å². The molecule has 0 aliphatic rings. The highest BCUT2D eigenvalue weighted by Gasteiger charge is 2.17. The van der Waals surface area contributed by atoms with Crippen LogP contribution < -0.4 is 5.32 Å². The van der Waals surface area contributed by atoms with Gasteiger partial charge in [-0.1, -0.05) is 42.5 Å². The maximum atomic E-state index is 12.3. The summed E-state index contributed by atoms with van der Waals surface area (Å²) in [5.74, 6) is 0.219. The molecule has 0 fully saturated rings. The summed E-state index contributed by atoms with van der Waals surface area (Å²) in [7, 11) is 0. The van der Waals surface area contributed by atoms with Gasteiger partial charge in [0, 0.05) is 17.5 Å². The monoisotopic (exact) mass is 279 g/mol. The SMILES string of the molecule is Cc1ccccc1CNC(=O)c1oc2ccccc2c1C. The van der Waals surface area contributed by atoms with E-state index in [-0.39, 0.29) is 5.91 Å². The van der Waals surface area contributed by atoms with Crippen LogP contribution in [0.5, 0.6) is 0 Å². The lowest BCUT2D eigenvalue weighted by Crippen LogP contribution is -2.23. The van der Waals surface area contributed by atoms with Crippen LogP contribution in [0.4, 0.5) is 0 Å². The van der Waals surface area contributed by atoms with Crippen molar-refractivity contribution in [3.8, 4) is 0 Å². The quantitative estimate of drug-likeness (QED) is 0.788. The normalized spacial score (nSPS) is 10.8. The predicted molar refractivity (Wildman–Crippen MR) is 83.3 cm³/mol. The Hall–Kier alpha value is -2.55. The van der Waals surface area contributed by atoms with E-state index in [0.29, 0.717) is 12.3 Å². The molecule has 106 valence electrons. The van der Waals surface area contributed by atoms with Gasteiger partial charge in [-0.2, -0.15) is 0 Å². The number of carbonyl (C=O) groups is 1. The fraction of sp³-hybridized carbons (Fsp3) is 0.167. The third kappa shape index (κ3) is 2.55. The maximum absolute atomic E-state index is 12.3. The Bertz CT molecular complexity index is 802. The molecule has 3 rings (SSSR count). The Morgan fingerprint density at radius 3 is 2.52 bits per heavy atom. The molecule has 3 aromatic rings. The second-order valence-corrected chi connectivity index (χ2v) is 5.16. The summed E-state index contributed by atoms with van der Waals surface area (Å²) in [4.78, 5) is 12.3. The van der Waals surface area contributed by atoms with Crippen molar-refractivity contribution < 1.29 is 9.21 Å². The van der Waals surface area contributed by atoms with Gasteiger partial charge in [-0.3, -0.25) is 4.79 Å². The third-order valence-electron chi connectivity index (χ3n) is 3.75. The second kappa shape index (κ2) is 5.44. The zero-order valence-corrected chi connectivity index (χ0v) is 12.1. The second-order valence-electron chi connectivity index (χ2n) is 5.16. The molecule has 0 spiro atoms. The van der Waals surface area contributed by atoms with Crippen LogP contribution in [0, 0.1) is 13.8 Å². The summed E-state index contributed by atoms with van der Waals surface area (Å²) >= 11 is 0. The number of para-hydroxylation sites is 1. The van der Waals surface area contributed by atoms with E-state index >= 15 is 0 Å². The molecule has 1 N–H and O–H groups in total. The van der Waals surface area contributed by atoms with Crippen LogP contribution in [0.15, 0.2) is 52.9 Å². The highest BCUT2D eigenvalue weighted by atomic mass is 16.3. The highest BCUT2D eigenvalue weighted by molar-refractivity contribution is 5.98. The number of nitrogens with one attached hydrogen (secondary N) is 1. The highest BCUT2D eigenvalue weighted by Crippen LogP contribution is 2.24. The van der Waals surface area contributed by atoms with E-state index in [4.69, 9.17) is 4.42 Å². The van der Waals surface area contributed by atoms with Gasteiger partial charge in [-0.15, -0.1) is 0 Å². The van der Waals surface area contributed by atoms with Crippen LogP contribution in [-0.2, 0) is 6.54 Å². The lowest BCUT2D eigenvalue weighted by atomic mass is 10.1. The average Bonchev–Trinajstić information content (AvgIpc) is 2.84. The molecule has 0 unspecified atom stereocenters. The Balaban J connectivity index is 1.81. The van der Waals surface area contributed by atoms with Crippen LogP contribution in [0.1, 0.15) is 27.2 Å². The molecule has 1 amide bonds. The first-order valence-electron chi connectivity index (χ1n) is 6.97. The number of hydrogen-bond donors (Lipinski definition) is 1. The number of rotatable bonds is 3. The van der Waals surface area contributed by atoms with Crippen LogP contribution in [0.25, 0.3) is 11.0 Å². The minimum absolute atomic E-state index is 0.174.